The summed E-state index contributed by atoms with van der Waals surface area (Å²) in [7, 11) is -4.69. The molecule has 1 aromatic carbocycles. The van der Waals surface area contributed by atoms with Crippen molar-refractivity contribution in [1.29, 1.82) is 0 Å². The van der Waals surface area contributed by atoms with E-state index in [9.17, 15) is 12.6 Å². The van der Waals surface area contributed by atoms with Crippen molar-refractivity contribution in [2.45, 2.75) is 4.90 Å². The van der Waals surface area contributed by atoms with Gasteiger partial charge in [0.15, 0.2) is 10.9 Å². The van der Waals surface area contributed by atoms with Crippen molar-refractivity contribution in [2.24, 2.45) is 9.50 Å². The van der Waals surface area contributed by atoms with Gasteiger partial charge in [-0.3, -0.25) is 4.18 Å². The van der Waals surface area contributed by atoms with Crippen molar-refractivity contribution in [2.75, 3.05) is 7.11 Å². The van der Waals surface area contributed by atoms with Gasteiger partial charge < -0.3 is 0 Å². The Bertz CT molecular complexity index is 532. The van der Waals surface area contributed by atoms with Crippen molar-refractivity contribution >= 4 is 26.6 Å². The molecule has 0 saturated carbocycles. The predicted molar refractivity (Wildman–Crippen MR) is 56.4 cm³/mol. The maximum absolute atomic E-state index is 11.0. The minimum Gasteiger partial charge on any atom is -0.290 e. The third kappa shape index (κ3) is 3.59. The first-order valence-corrected chi connectivity index (χ1v) is 6.47. The fraction of sp³-hybridized carbons (Fsp3) is 0.143. The van der Waals surface area contributed by atoms with Crippen LogP contribution in [0.4, 0.5) is 5.69 Å². The second-order valence-corrected chi connectivity index (χ2v) is 5.17. The van der Waals surface area contributed by atoms with Gasteiger partial charge in [-0.15, -0.1) is 0 Å². The topological polar surface area (TPSA) is 98.8 Å². The molecule has 0 aliphatic rings. The highest BCUT2D eigenvalue weighted by atomic mass is 32.2. The minimum atomic E-state index is -3.76. The monoisotopic (exact) mass is 250 g/mol. The molecule has 6 nitrogen and oxygen atoms in total. The molecule has 1 unspecified atom stereocenters. The van der Waals surface area contributed by atoms with Crippen LogP contribution in [-0.4, -0.2) is 19.7 Å². The number of nitrogens with two attached hydrogens (primary N) is 1. The maximum Gasteiger partial charge on any atom is 0.238 e. The lowest BCUT2D eigenvalue weighted by atomic mass is 10.3. The fourth-order valence-corrected chi connectivity index (χ4v) is 1.81. The van der Waals surface area contributed by atoms with E-state index in [1.54, 1.807) is 0 Å². The Morgan fingerprint density at radius 1 is 1.47 bits per heavy atom. The van der Waals surface area contributed by atoms with Gasteiger partial charge in [0.05, 0.1) is 17.7 Å². The molecule has 0 aromatic heterocycles. The molecule has 8 heteroatoms. The van der Waals surface area contributed by atoms with E-state index in [1.807, 2.05) is 0 Å². The van der Waals surface area contributed by atoms with E-state index in [4.69, 9.17) is 5.14 Å². The molecule has 0 amide bonds. The first-order valence-electron chi connectivity index (χ1n) is 3.79. The molecule has 15 heavy (non-hydrogen) atoms. The molecule has 0 fully saturated rings. The van der Waals surface area contributed by atoms with Gasteiger partial charge in [0.1, 0.15) is 0 Å². The Hall–Kier alpha value is -0.960. The Labute approximate surface area is 89.5 Å². The highest BCUT2D eigenvalue weighted by Crippen LogP contribution is 2.17. The van der Waals surface area contributed by atoms with E-state index >= 15 is 0 Å². The smallest absolute Gasteiger partial charge is 0.238 e. The van der Waals surface area contributed by atoms with Crippen molar-refractivity contribution in [3.8, 4) is 0 Å². The lowest BCUT2D eigenvalue weighted by molar-refractivity contribution is 0.453. The van der Waals surface area contributed by atoms with Crippen LogP contribution in [-0.2, 0) is 25.1 Å². The van der Waals surface area contributed by atoms with Gasteiger partial charge in [0, 0.05) is 0 Å². The van der Waals surface area contributed by atoms with Crippen molar-refractivity contribution in [1.82, 2.24) is 0 Å². The first-order chi connectivity index (χ1) is 6.93. The molecule has 0 saturated heterocycles. The summed E-state index contributed by atoms with van der Waals surface area (Å²) in [4.78, 5) is -0.0803. The average molecular weight is 250 g/mol. The summed E-state index contributed by atoms with van der Waals surface area (Å²) < 4.78 is 40.9. The van der Waals surface area contributed by atoms with Crippen LogP contribution < -0.4 is 5.14 Å². The summed E-state index contributed by atoms with van der Waals surface area (Å²) in [5, 5.41) is 4.92. The Morgan fingerprint density at radius 2 is 2.13 bits per heavy atom. The van der Waals surface area contributed by atoms with E-state index in [2.05, 4.69) is 8.55 Å². The second-order valence-electron chi connectivity index (χ2n) is 2.56. The Balaban J connectivity index is 3.21. The number of nitrogens with zero attached hydrogens (tertiary/aromatic N) is 1. The van der Waals surface area contributed by atoms with Crippen LogP contribution in [0.25, 0.3) is 0 Å². The van der Waals surface area contributed by atoms with Crippen LogP contribution >= 0.6 is 0 Å². The molecule has 0 heterocycles. The molecule has 0 bridgehead atoms. The van der Waals surface area contributed by atoms with Gasteiger partial charge in [-0.25, -0.2) is 17.8 Å². The zero-order valence-corrected chi connectivity index (χ0v) is 9.53. The summed E-state index contributed by atoms with van der Waals surface area (Å²) in [6.07, 6.45) is 0. The molecule has 0 radical (unpaired) electrons. The Morgan fingerprint density at radius 3 is 2.67 bits per heavy atom. The largest absolute Gasteiger partial charge is 0.290 e. The van der Waals surface area contributed by atoms with Crippen LogP contribution in [0.5, 0.6) is 0 Å². The van der Waals surface area contributed by atoms with Crippen LogP contribution in [0.2, 0.25) is 0 Å². The standard InChI is InChI=1S/C7H10N2O4S2/c1-13-14(10)9-6-3-2-4-7(5-6)15(8,11)12/h2-5,14H,1H3,(H2,8,11,12). The number of primary sulfonamides is 1. The van der Waals surface area contributed by atoms with Crippen molar-refractivity contribution in [3.63, 3.8) is 0 Å². The first kappa shape index (κ1) is 12.1. The number of thiol groups is 1. The van der Waals surface area contributed by atoms with Gasteiger partial charge in [-0.05, 0) is 18.2 Å². The normalized spacial score (nSPS) is 14.0. The molecule has 84 valence electrons. The van der Waals surface area contributed by atoms with Crippen molar-refractivity contribution in [3.05, 3.63) is 24.3 Å². The molecular weight excluding hydrogens is 240 g/mol. The highest BCUT2D eigenvalue weighted by molar-refractivity contribution is 7.89. The quantitative estimate of drug-likeness (QED) is 0.748. The van der Waals surface area contributed by atoms with Gasteiger partial charge in [0.25, 0.3) is 0 Å². The summed E-state index contributed by atoms with van der Waals surface area (Å²) in [6.45, 7) is 0. The van der Waals surface area contributed by atoms with E-state index in [0.29, 0.717) is 0 Å². The average Bonchev–Trinajstić information content (AvgIpc) is 2.17. The van der Waals surface area contributed by atoms with Gasteiger partial charge in [-0.2, -0.15) is 4.36 Å². The van der Waals surface area contributed by atoms with E-state index in [0.717, 1.165) is 0 Å². The lowest BCUT2D eigenvalue weighted by Gasteiger charge is -1.98. The van der Waals surface area contributed by atoms with Crippen LogP contribution in [0.3, 0.4) is 0 Å². The van der Waals surface area contributed by atoms with Crippen LogP contribution in [0.15, 0.2) is 33.5 Å². The van der Waals surface area contributed by atoms with E-state index in [-0.39, 0.29) is 10.6 Å². The third-order valence-electron chi connectivity index (χ3n) is 1.50. The highest BCUT2D eigenvalue weighted by Gasteiger charge is 2.07. The Kier molecular flexibility index (Phi) is 3.80. The molecule has 0 aliphatic heterocycles. The molecule has 0 aliphatic carbocycles. The molecular formula is C7H10N2O4S2. The zero-order chi connectivity index (χ0) is 11.5. The summed E-state index contributed by atoms with van der Waals surface area (Å²) in [5.41, 5.74) is 0.240. The minimum absolute atomic E-state index is 0.0803. The number of rotatable bonds is 3. The van der Waals surface area contributed by atoms with Crippen molar-refractivity contribution < 1.29 is 16.8 Å². The van der Waals surface area contributed by atoms with Gasteiger partial charge >= 0.3 is 0 Å². The fourth-order valence-electron chi connectivity index (χ4n) is 0.858. The third-order valence-corrected chi connectivity index (χ3v) is 3.12. The number of benzene rings is 1. The number of hydrogen-bond donors (Lipinski definition) is 2. The van der Waals surface area contributed by atoms with E-state index in [1.165, 1.54) is 31.4 Å². The number of sulfonamides is 1. The summed E-state index contributed by atoms with van der Waals surface area (Å²) >= 11 is 0. The predicted octanol–water partition coefficient (Wildman–Crippen LogP) is 0.192. The van der Waals surface area contributed by atoms with Gasteiger partial charge in [0.2, 0.25) is 10.0 Å². The summed E-state index contributed by atoms with van der Waals surface area (Å²) in [6, 6.07) is 5.51. The summed E-state index contributed by atoms with van der Waals surface area (Å²) in [5.74, 6) is 0. The lowest BCUT2D eigenvalue weighted by Crippen LogP contribution is -2.11. The maximum atomic E-state index is 11.0. The molecule has 1 aromatic rings. The number of hydrogen-bond acceptors (Lipinski definition) is 5. The van der Waals surface area contributed by atoms with E-state index < -0.39 is 20.9 Å². The molecule has 1 atom stereocenters. The molecule has 1 rings (SSSR count). The molecule has 2 N–H and O–H groups in total. The van der Waals surface area contributed by atoms with Crippen LogP contribution in [0, 0.1) is 0 Å². The van der Waals surface area contributed by atoms with Gasteiger partial charge in [-0.1, -0.05) is 6.07 Å². The van der Waals surface area contributed by atoms with Crippen LogP contribution in [0.1, 0.15) is 0 Å². The molecule has 0 spiro atoms. The zero-order valence-electron chi connectivity index (χ0n) is 7.82. The second kappa shape index (κ2) is 4.71. The SMILES string of the molecule is CO[SH](=O)=Nc1cccc(S(N)(=O)=O)c1.